The van der Waals surface area contributed by atoms with E-state index in [0.717, 1.165) is 85.0 Å². The van der Waals surface area contributed by atoms with Gasteiger partial charge in [-0.15, -0.1) is 38.5 Å². The standard InChI is InChI=1S/C29H39N7O2.C9H10O.C8H11P.2C2H6.3C2H2/c1-7-35(5)16-27-33-25-13-9-12-24(28(25)34-27)29(30-4)38-21(3)22-11-8-10-20(2)32-26(31-15-14-22)17-36(6)23-18-37-19-23;10-8-4-7-9-5-2-1-3-6-9;1-9(2)8-6-4-3-5-7-8;5*1-2/h9-15,23H,3,7-8,16-19H2,1-2,4-6H3,(H,31,32)(H,33,34);1-3,5-6,8H,4,7H2;3-7H,1-2H3;2*1-2H3;3*1-2H/b15-14+,20-10+,22-11?,30-29?;;;;;;;. The third kappa shape index (κ3) is 24.7. The summed E-state index contributed by atoms with van der Waals surface area (Å²) in [5.41, 5.74) is 5.72. The summed E-state index contributed by atoms with van der Waals surface area (Å²) >= 11 is 0. The first-order valence-electron chi connectivity index (χ1n) is 22.5. The molecule has 1 saturated heterocycles. The molecule has 6 rings (SSSR count). The Bertz CT molecular complexity index is 2150. The first-order valence-corrected chi connectivity index (χ1v) is 24.7. The van der Waals surface area contributed by atoms with Crippen molar-refractivity contribution in [3.63, 3.8) is 0 Å². The van der Waals surface area contributed by atoms with Crippen LogP contribution in [0.2, 0.25) is 0 Å². The summed E-state index contributed by atoms with van der Waals surface area (Å²) in [5.74, 6) is 2.75. The Labute approximate surface area is 406 Å². The minimum Gasteiger partial charge on any atom is -0.439 e. The van der Waals surface area contributed by atoms with E-state index in [2.05, 4.69) is 147 Å². The quantitative estimate of drug-likeness (QED) is 0.0343. The molecule has 4 aromatic rings. The van der Waals surface area contributed by atoms with Crippen LogP contribution in [0.1, 0.15) is 71.3 Å². The summed E-state index contributed by atoms with van der Waals surface area (Å²) in [5, 5.41) is 4.90. The number of imidazole rings is 1. The smallest absolute Gasteiger partial charge is 0.223 e. The minimum atomic E-state index is 0.104. The predicted octanol–water partition coefficient (Wildman–Crippen LogP) is 10.7. The van der Waals surface area contributed by atoms with E-state index in [1.807, 2.05) is 89.2 Å². The number of allylic oxidation sites excluding steroid dienone is 4. The molecule has 1 fully saturated rings. The predicted molar refractivity (Wildman–Crippen MR) is 292 cm³/mol. The lowest BCUT2D eigenvalue weighted by molar-refractivity contribution is -0.107. The number of para-hydroxylation sites is 1. The molecule has 0 unspecified atom stereocenters. The van der Waals surface area contributed by atoms with Gasteiger partial charge in [0.15, 0.2) is 0 Å². The Morgan fingerprint density at radius 1 is 0.910 bits per heavy atom. The first-order chi connectivity index (χ1) is 32.6. The van der Waals surface area contributed by atoms with Gasteiger partial charge in [-0.3, -0.25) is 14.8 Å². The maximum atomic E-state index is 9.98. The Morgan fingerprint density at radius 2 is 1.52 bits per heavy atom. The largest absolute Gasteiger partial charge is 0.439 e. The van der Waals surface area contributed by atoms with Crippen molar-refractivity contribution < 1.29 is 14.3 Å². The molecule has 3 heterocycles. The lowest BCUT2D eigenvalue weighted by Crippen LogP contribution is -2.50. The van der Waals surface area contributed by atoms with E-state index < -0.39 is 0 Å². The molecule has 3 aromatic carbocycles. The average Bonchev–Trinajstić information content (AvgIpc) is 3.78. The highest BCUT2D eigenvalue weighted by molar-refractivity contribution is 7.64. The average molecular weight is 928 g/mol. The van der Waals surface area contributed by atoms with Crippen LogP contribution in [0.4, 0.5) is 0 Å². The van der Waals surface area contributed by atoms with Gasteiger partial charge >= 0.3 is 0 Å². The number of carbonyl (C=O) groups excluding carboxylic acids is 1. The molecule has 0 amide bonds. The number of aromatic amines is 1. The van der Waals surface area contributed by atoms with Gasteiger partial charge in [-0.05, 0) is 82.8 Å². The molecule has 0 aliphatic carbocycles. The van der Waals surface area contributed by atoms with E-state index in [1.165, 1.54) is 10.9 Å². The molecule has 10 nitrogen and oxygen atoms in total. The van der Waals surface area contributed by atoms with E-state index in [9.17, 15) is 4.79 Å². The molecule has 67 heavy (non-hydrogen) atoms. The number of nitrogens with zero attached hydrogens (tertiary/aromatic N) is 5. The maximum Gasteiger partial charge on any atom is 0.223 e. The second-order valence-electron chi connectivity index (χ2n) is 14.1. The van der Waals surface area contributed by atoms with Gasteiger partial charge in [0.05, 0.1) is 43.4 Å². The van der Waals surface area contributed by atoms with E-state index in [-0.39, 0.29) is 7.92 Å². The van der Waals surface area contributed by atoms with Crippen LogP contribution in [-0.4, -0.2) is 105 Å². The summed E-state index contributed by atoms with van der Waals surface area (Å²) in [4.78, 5) is 31.8. The number of carbonyl (C=O) groups is 1. The molecule has 0 bridgehead atoms. The number of hydrogen-bond donors (Lipinski definition) is 2. The number of amidine groups is 1. The van der Waals surface area contributed by atoms with Gasteiger partial charge in [-0.2, -0.15) is 0 Å². The summed E-state index contributed by atoms with van der Waals surface area (Å²) in [6.07, 6.45) is 35.1. The Hall–Kier alpha value is -6.31. The summed E-state index contributed by atoms with van der Waals surface area (Å²) < 4.78 is 11.6. The Morgan fingerprint density at radius 3 is 2.04 bits per heavy atom. The van der Waals surface area contributed by atoms with E-state index >= 15 is 0 Å². The van der Waals surface area contributed by atoms with Gasteiger partial charge in [0, 0.05) is 30.9 Å². The number of H-pyrrole nitrogens is 1. The summed E-state index contributed by atoms with van der Waals surface area (Å²) in [6, 6.07) is 27.0. The summed E-state index contributed by atoms with van der Waals surface area (Å²) in [7, 11) is 5.99. The van der Waals surface area contributed by atoms with Crippen molar-refractivity contribution >= 4 is 42.3 Å². The monoisotopic (exact) mass is 928 g/mol. The molecular weight excluding hydrogens is 850 g/mol. The highest BCUT2D eigenvalue weighted by Gasteiger charge is 2.24. The SMILES string of the molecule is C#C.C#C.C#C.C=C(OC(=NC)c1cccc2[nH]c(CN(C)CC)nc12)C1=CC/C=C(\C)NC(CN(C)C2COC2)=N/C=C/1.CC.CC.CP(C)c1ccccc1.O=CCCc1ccccc1. The third-order valence-corrected chi connectivity index (χ3v) is 10.7. The fourth-order valence-corrected chi connectivity index (χ4v) is 6.54. The molecule has 2 aliphatic heterocycles. The topological polar surface area (TPSA) is 107 Å². The molecule has 11 heteroatoms. The number of hydrogen-bond acceptors (Lipinski definition) is 9. The normalized spacial score (nSPS) is 14.0. The van der Waals surface area contributed by atoms with E-state index in [1.54, 1.807) is 13.2 Å². The molecule has 0 radical (unpaired) electrons. The zero-order valence-electron chi connectivity index (χ0n) is 42.2. The fraction of sp³-hybridized carbons (Fsp3) is 0.357. The van der Waals surface area contributed by atoms with Crippen LogP contribution < -0.4 is 10.6 Å². The van der Waals surface area contributed by atoms with Gasteiger partial charge in [-0.25, -0.2) is 9.98 Å². The number of ether oxygens (including phenoxy) is 2. The van der Waals surface area contributed by atoms with Gasteiger partial charge in [0.2, 0.25) is 5.90 Å². The van der Waals surface area contributed by atoms with E-state index in [0.29, 0.717) is 30.7 Å². The van der Waals surface area contributed by atoms with Crippen molar-refractivity contribution in [1.29, 1.82) is 0 Å². The van der Waals surface area contributed by atoms with Crippen LogP contribution in [0.5, 0.6) is 0 Å². The number of nitrogens with one attached hydrogen (secondary N) is 2. The lowest BCUT2D eigenvalue weighted by Gasteiger charge is -2.34. The van der Waals surface area contributed by atoms with Crippen LogP contribution in [0.25, 0.3) is 11.0 Å². The molecule has 1 aromatic heterocycles. The molecule has 360 valence electrons. The molecule has 0 atom stereocenters. The van der Waals surface area contributed by atoms with Gasteiger partial charge in [0.1, 0.15) is 29.2 Å². The fourth-order valence-electron chi connectivity index (χ4n) is 5.77. The molecule has 0 spiro atoms. The third-order valence-electron chi connectivity index (χ3n) is 9.39. The number of likely N-dealkylation sites (N-methyl/N-ethyl adjacent to an activating group) is 1. The van der Waals surface area contributed by atoms with Crippen molar-refractivity contribution in [1.82, 2.24) is 25.1 Å². The number of rotatable bonds is 13. The van der Waals surface area contributed by atoms with Gasteiger partial charge in [-0.1, -0.05) is 128 Å². The highest BCUT2D eigenvalue weighted by Crippen LogP contribution is 2.23. The van der Waals surface area contributed by atoms with Crippen LogP contribution >= 0.6 is 7.92 Å². The van der Waals surface area contributed by atoms with E-state index in [4.69, 9.17) is 19.5 Å². The second-order valence-corrected chi connectivity index (χ2v) is 16.4. The molecule has 2 N–H and O–H groups in total. The van der Waals surface area contributed by atoms with Gasteiger partial charge in [0.25, 0.3) is 0 Å². The zero-order valence-corrected chi connectivity index (χ0v) is 43.1. The van der Waals surface area contributed by atoms with Gasteiger partial charge < -0.3 is 24.6 Å². The van der Waals surface area contributed by atoms with Crippen molar-refractivity contribution in [2.75, 3.05) is 60.8 Å². The first kappa shape index (κ1) is 62.8. The zero-order chi connectivity index (χ0) is 51.0. The Balaban J connectivity index is 0. The molecular formula is C56H78N7O3P. The maximum absolute atomic E-state index is 9.98. The number of benzene rings is 3. The number of aromatic nitrogens is 2. The van der Waals surface area contributed by atoms with Crippen molar-refractivity contribution in [2.45, 2.75) is 73.4 Å². The lowest BCUT2D eigenvalue weighted by atomic mass is 10.1. The number of aryl methyl sites for hydroxylation is 1. The minimum absolute atomic E-state index is 0.104. The second kappa shape index (κ2) is 40.0. The molecule has 0 saturated carbocycles. The van der Waals surface area contributed by atoms with Crippen molar-refractivity contribution in [2.24, 2.45) is 9.98 Å². The van der Waals surface area contributed by atoms with Crippen molar-refractivity contribution in [3.05, 3.63) is 144 Å². The highest BCUT2D eigenvalue weighted by atomic mass is 31.1. The number of fused-ring (bicyclic) bond motifs is 1. The number of aldehydes is 1. The summed E-state index contributed by atoms with van der Waals surface area (Å²) in [6.45, 7) is 24.8. The number of terminal acetylenes is 3. The number of aliphatic imine (C=N–C) groups is 2. The van der Waals surface area contributed by atoms with Crippen molar-refractivity contribution in [3.8, 4) is 38.5 Å². The Kier molecular flexibility index (Phi) is 37.5. The van der Waals surface area contributed by atoms with Crippen LogP contribution in [0.15, 0.2) is 137 Å². The van der Waals surface area contributed by atoms with Crippen LogP contribution in [-0.2, 0) is 27.2 Å². The molecule has 2 aliphatic rings. The van der Waals surface area contributed by atoms with Crippen LogP contribution in [0.3, 0.4) is 0 Å². The van der Waals surface area contributed by atoms with Crippen LogP contribution in [0, 0.1) is 38.5 Å².